The van der Waals surface area contributed by atoms with Gasteiger partial charge in [0.15, 0.2) is 0 Å². The van der Waals surface area contributed by atoms with Crippen LogP contribution in [0.4, 0.5) is 0 Å². The summed E-state index contributed by atoms with van der Waals surface area (Å²) in [5.41, 5.74) is 6.11. The van der Waals surface area contributed by atoms with Gasteiger partial charge in [-0.3, -0.25) is 16.3 Å². The van der Waals surface area contributed by atoms with Gasteiger partial charge in [-0.1, -0.05) is 18.2 Å². The molecule has 0 saturated heterocycles. The minimum absolute atomic E-state index is 0.00620. The molecular weight excluding hydrogens is 238 g/mol. The maximum Gasteiger partial charge on any atom is 0.119 e. The van der Waals surface area contributed by atoms with Crippen molar-refractivity contribution in [1.82, 2.24) is 10.4 Å². The molecule has 0 aliphatic carbocycles. The van der Waals surface area contributed by atoms with Crippen LogP contribution in [0.2, 0.25) is 0 Å². The van der Waals surface area contributed by atoms with Gasteiger partial charge in [0.2, 0.25) is 0 Å². The van der Waals surface area contributed by atoms with E-state index in [2.05, 4.69) is 16.5 Å². The third kappa shape index (κ3) is 3.30. The summed E-state index contributed by atoms with van der Waals surface area (Å²) < 4.78 is 5.23. The molecule has 1 unspecified atom stereocenters. The van der Waals surface area contributed by atoms with E-state index >= 15 is 0 Å². The molecule has 0 saturated carbocycles. The molecule has 100 valence electrons. The summed E-state index contributed by atoms with van der Waals surface area (Å²) >= 11 is 0. The first kappa shape index (κ1) is 13.5. The molecule has 0 fully saturated rings. The number of nitrogens with zero attached hydrogens (tertiary/aromatic N) is 1. The Morgan fingerprint density at radius 1 is 1.32 bits per heavy atom. The average molecular weight is 257 g/mol. The quantitative estimate of drug-likeness (QED) is 0.636. The number of nitrogens with two attached hydrogens (primary N) is 1. The lowest BCUT2D eigenvalue weighted by Crippen LogP contribution is -2.30. The van der Waals surface area contributed by atoms with Crippen molar-refractivity contribution in [1.29, 1.82) is 0 Å². The van der Waals surface area contributed by atoms with E-state index in [-0.39, 0.29) is 6.04 Å². The van der Waals surface area contributed by atoms with Crippen LogP contribution in [0.5, 0.6) is 5.75 Å². The van der Waals surface area contributed by atoms with Crippen LogP contribution in [0.25, 0.3) is 0 Å². The maximum atomic E-state index is 5.67. The summed E-state index contributed by atoms with van der Waals surface area (Å²) in [6, 6.07) is 11.9. The molecule has 2 aromatic rings. The molecule has 1 atom stereocenters. The molecule has 19 heavy (non-hydrogen) atoms. The summed E-state index contributed by atoms with van der Waals surface area (Å²) in [6.45, 7) is 2.04. The highest BCUT2D eigenvalue weighted by molar-refractivity contribution is 5.30. The molecule has 0 radical (unpaired) electrons. The molecule has 1 heterocycles. The van der Waals surface area contributed by atoms with Crippen molar-refractivity contribution in [2.45, 2.75) is 19.4 Å². The second-order valence-electron chi connectivity index (χ2n) is 4.48. The van der Waals surface area contributed by atoms with Crippen LogP contribution in [0, 0.1) is 6.92 Å². The number of hydrogen-bond acceptors (Lipinski definition) is 4. The zero-order chi connectivity index (χ0) is 13.7. The van der Waals surface area contributed by atoms with E-state index in [4.69, 9.17) is 10.6 Å². The van der Waals surface area contributed by atoms with Gasteiger partial charge in [0.1, 0.15) is 5.75 Å². The predicted molar refractivity (Wildman–Crippen MR) is 75.7 cm³/mol. The number of pyridine rings is 1. The van der Waals surface area contributed by atoms with Gasteiger partial charge in [-0.05, 0) is 42.7 Å². The zero-order valence-corrected chi connectivity index (χ0v) is 11.3. The average Bonchev–Trinajstić information content (AvgIpc) is 2.46. The Kier molecular flexibility index (Phi) is 4.49. The highest BCUT2D eigenvalue weighted by atomic mass is 16.5. The van der Waals surface area contributed by atoms with Crippen LogP contribution in [0.1, 0.15) is 22.9 Å². The molecule has 1 aromatic heterocycles. The van der Waals surface area contributed by atoms with Crippen molar-refractivity contribution >= 4 is 0 Å². The predicted octanol–water partition coefficient (Wildman–Crippen LogP) is 2.15. The number of methoxy groups -OCH3 is 1. The van der Waals surface area contributed by atoms with Gasteiger partial charge in [-0.2, -0.15) is 0 Å². The van der Waals surface area contributed by atoms with Gasteiger partial charge in [0.25, 0.3) is 0 Å². The fourth-order valence-corrected chi connectivity index (χ4v) is 2.13. The monoisotopic (exact) mass is 257 g/mol. The van der Waals surface area contributed by atoms with E-state index in [1.807, 2.05) is 37.3 Å². The molecule has 0 spiro atoms. The summed E-state index contributed by atoms with van der Waals surface area (Å²) in [5, 5.41) is 0. The van der Waals surface area contributed by atoms with Crippen LogP contribution < -0.4 is 16.0 Å². The maximum absolute atomic E-state index is 5.67. The molecule has 0 amide bonds. The lowest BCUT2D eigenvalue weighted by Gasteiger charge is -2.17. The number of benzene rings is 1. The molecule has 2 rings (SSSR count). The number of aryl methyl sites for hydroxylation is 1. The van der Waals surface area contributed by atoms with Crippen LogP contribution in [0.3, 0.4) is 0 Å². The Labute approximate surface area is 113 Å². The topological polar surface area (TPSA) is 60.2 Å². The Morgan fingerprint density at radius 3 is 2.84 bits per heavy atom. The smallest absolute Gasteiger partial charge is 0.119 e. The van der Waals surface area contributed by atoms with Gasteiger partial charge in [0, 0.05) is 6.20 Å². The SMILES string of the molecule is COc1cccc(CC(NN)c2ncccc2C)c1. The summed E-state index contributed by atoms with van der Waals surface area (Å²) in [7, 11) is 1.67. The summed E-state index contributed by atoms with van der Waals surface area (Å²) in [5.74, 6) is 6.52. The van der Waals surface area contributed by atoms with Gasteiger partial charge < -0.3 is 4.74 Å². The molecule has 0 aliphatic heterocycles. The standard InChI is InChI=1S/C15H19N3O/c1-11-5-4-8-17-15(11)14(18-16)10-12-6-3-7-13(9-12)19-2/h3-9,14,18H,10,16H2,1-2H3. The molecule has 0 aliphatic rings. The van der Waals surface area contributed by atoms with Crippen molar-refractivity contribution in [3.8, 4) is 5.75 Å². The minimum atomic E-state index is -0.00620. The first-order valence-corrected chi connectivity index (χ1v) is 6.25. The van der Waals surface area contributed by atoms with Gasteiger partial charge in [-0.15, -0.1) is 0 Å². The number of hydrazine groups is 1. The molecule has 0 bridgehead atoms. The number of ether oxygens (including phenoxy) is 1. The Balaban J connectivity index is 2.21. The molecule has 4 heteroatoms. The second kappa shape index (κ2) is 6.31. The molecule has 1 aromatic carbocycles. The van der Waals surface area contributed by atoms with Crippen molar-refractivity contribution in [2.75, 3.05) is 7.11 Å². The van der Waals surface area contributed by atoms with E-state index in [9.17, 15) is 0 Å². The normalized spacial score (nSPS) is 12.2. The number of nitrogens with one attached hydrogen (secondary N) is 1. The fourth-order valence-electron chi connectivity index (χ4n) is 2.13. The van der Waals surface area contributed by atoms with Gasteiger partial charge >= 0.3 is 0 Å². The highest BCUT2D eigenvalue weighted by Crippen LogP contribution is 2.21. The third-order valence-electron chi connectivity index (χ3n) is 3.16. The Hall–Kier alpha value is -1.91. The van der Waals surface area contributed by atoms with Crippen molar-refractivity contribution < 1.29 is 4.74 Å². The minimum Gasteiger partial charge on any atom is -0.497 e. The fraction of sp³-hybridized carbons (Fsp3) is 0.267. The number of rotatable bonds is 5. The lowest BCUT2D eigenvalue weighted by atomic mass is 10.0. The van der Waals surface area contributed by atoms with Crippen LogP contribution >= 0.6 is 0 Å². The summed E-state index contributed by atoms with van der Waals surface area (Å²) in [6.07, 6.45) is 2.56. The number of hydrogen-bond donors (Lipinski definition) is 2. The largest absolute Gasteiger partial charge is 0.497 e. The van der Waals surface area contributed by atoms with E-state index in [1.165, 1.54) is 0 Å². The number of aromatic nitrogens is 1. The van der Waals surface area contributed by atoms with Gasteiger partial charge in [-0.25, -0.2) is 0 Å². The van der Waals surface area contributed by atoms with E-state index in [0.717, 1.165) is 29.0 Å². The molecule has 3 N–H and O–H groups in total. The first-order valence-electron chi connectivity index (χ1n) is 6.25. The van der Waals surface area contributed by atoms with Gasteiger partial charge in [0.05, 0.1) is 18.8 Å². The van der Waals surface area contributed by atoms with Crippen LogP contribution in [-0.4, -0.2) is 12.1 Å². The van der Waals surface area contributed by atoms with Crippen molar-refractivity contribution in [2.24, 2.45) is 5.84 Å². The molecule has 4 nitrogen and oxygen atoms in total. The Morgan fingerprint density at radius 2 is 2.16 bits per heavy atom. The first-order chi connectivity index (χ1) is 9.24. The molecular formula is C15H19N3O. The third-order valence-corrected chi connectivity index (χ3v) is 3.16. The second-order valence-corrected chi connectivity index (χ2v) is 4.48. The lowest BCUT2D eigenvalue weighted by molar-refractivity contribution is 0.413. The highest BCUT2D eigenvalue weighted by Gasteiger charge is 2.14. The van der Waals surface area contributed by atoms with E-state index in [1.54, 1.807) is 13.3 Å². The zero-order valence-electron chi connectivity index (χ0n) is 11.3. The van der Waals surface area contributed by atoms with Crippen molar-refractivity contribution in [3.05, 3.63) is 59.4 Å². The van der Waals surface area contributed by atoms with Crippen LogP contribution in [-0.2, 0) is 6.42 Å². The Bertz CT molecular complexity index is 542. The van der Waals surface area contributed by atoms with E-state index < -0.39 is 0 Å². The summed E-state index contributed by atoms with van der Waals surface area (Å²) in [4.78, 5) is 4.41. The van der Waals surface area contributed by atoms with Crippen LogP contribution in [0.15, 0.2) is 42.6 Å². The van der Waals surface area contributed by atoms with Crippen molar-refractivity contribution in [3.63, 3.8) is 0 Å². The van der Waals surface area contributed by atoms with E-state index in [0.29, 0.717) is 0 Å².